The van der Waals surface area contributed by atoms with Crippen LogP contribution in [0.2, 0.25) is 0 Å². The lowest BCUT2D eigenvalue weighted by atomic mass is 9.79. The molecule has 1 atom stereocenters. The molecule has 0 radical (unpaired) electrons. The average molecular weight is 507 g/mol. The lowest BCUT2D eigenvalue weighted by Gasteiger charge is -2.33. The van der Waals surface area contributed by atoms with Crippen LogP contribution in [0, 0.1) is 11.3 Å². The number of hydrogen-bond acceptors (Lipinski definition) is 5. The van der Waals surface area contributed by atoms with Crippen LogP contribution in [0.15, 0.2) is 42.5 Å². The highest BCUT2D eigenvalue weighted by atomic mass is 16.7. The highest BCUT2D eigenvalue weighted by Crippen LogP contribution is 2.43. The summed E-state index contributed by atoms with van der Waals surface area (Å²) >= 11 is 0. The molecule has 2 aromatic rings. The van der Waals surface area contributed by atoms with Crippen LogP contribution < -0.4 is 14.9 Å². The second-order valence-electron chi connectivity index (χ2n) is 12.2. The van der Waals surface area contributed by atoms with E-state index >= 15 is 0 Å². The molecule has 0 aromatic heterocycles. The molecule has 7 heteroatoms. The van der Waals surface area contributed by atoms with Crippen LogP contribution in [0.1, 0.15) is 76.7 Å². The minimum Gasteiger partial charge on any atom is -0.497 e. The number of methoxy groups -OCH3 is 2. The zero-order chi connectivity index (χ0) is 27.0. The normalized spacial score (nSPS) is 21.6. The van der Waals surface area contributed by atoms with Crippen molar-refractivity contribution in [3.05, 3.63) is 53.6 Å². The number of carbonyl (C=O) groups is 1. The predicted molar refractivity (Wildman–Crippen MR) is 148 cm³/mol. The fourth-order valence-electron chi connectivity index (χ4n) is 5.36. The average Bonchev–Trinajstić information content (AvgIpc) is 3.30. The van der Waals surface area contributed by atoms with Crippen molar-refractivity contribution in [2.24, 2.45) is 11.3 Å². The minimum atomic E-state index is -0.451. The van der Waals surface area contributed by atoms with Crippen LogP contribution in [0.3, 0.4) is 0 Å². The van der Waals surface area contributed by atoms with Crippen molar-refractivity contribution < 1.29 is 23.6 Å². The zero-order valence-corrected chi connectivity index (χ0v) is 23.7. The number of amides is 1. The Labute approximate surface area is 222 Å². The van der Waals surface area contributed by atoms with Gasteiger partial charge in [-0.05, 0) is 81.6 Å². The Bertz CT molecular complexity index is 1100. The molecular formula is C30H42BNO5. The van der Waals surface area contributed by atoms with Gasteiger partial charge in [-0.2, -0.15) is 0 Å². The van der Waals surface area contributed by atoms with Crippen LogP contribution in [-0.2, 0) is 15.9 Å². The number of hydrogen-bond donors (Lipinski definition) is 0. The van der Waals surface area contributed by atoms with E-state index in [2.05, 4.69) is 13.8 Å². The molecule has 0 bridgehead atoms. The molecule has 1 saturated heterocycles. The molecule has 200 valence electrons. The third-order valence-electron chi connectivity index (χ3n) is 8.75. The maximum atomic E-state index is 13.9. The van der Waals surface area contributed by atoms with Gasteiger partial charge in [0.2, 0.25) is 0 Å². The van der Waals surface area contributed by atoms with E-state index in [1.54, 1.807) is 14.2 Å². The first kappa shape index (κ1) is 27.5. The van der Waals surface area contributed by atoms with E-state index in [-0.39, 0.29) is 11.3 Å². The molecule has 2 aromatic carbocycles. The summed E-state index contributed by atoms with van der Waals surface area (Å²) in [4.78, 5) is 15.9. The zero-order valence-electron chi connectivity index (χ0n) is 23.7. The number of benzene rings is 2. The Kier molecular flexibility index (Phi) is 7.69. The first-order chi connectivity index (χ1) is 17.4. The first-order valence-electron chi connectivity index (χ1n) is 13.3. The summed E-state index contributed by atoms with van der Waals surface area (Å²) in [7, 11) is 2.84. The van der Waals surface area contributed by atoms with Crippen molar-refractivity contribution in [2.75, 3.05) is 20.8 Å². The van der Waals surface area contributed by atoms with Gasteiger partial charge in [-0.3, -0.25) is 4.79 Å². The minimum absolute atomic E-state index is 0.0149. The summed E-state index contributed by atoms with van der Waals surface area (Å²) < 4.78 is 23.4. The van der Waals surface area contributed by atoms with Gasteiger partial charge >= 0.3 is 7.12 Å². The Morgan fingerprint density at radius 3 is 2.16 bits per heavy atom. The van der Waals surface area contributed by atoms with Crippen LogP contribution >= 0.6 is 0 Å². The van der Waals surface area contributed by atoms with E-state index in [1.807, 2.05) is 75.1 Å². The van der Waals surface area contributed by atoms with Crippen LogP contribution in [0.5, 0.6) is 11.5 Å². The molecular weight excluding hydrogens is 465 g/mol. The van der Waals surface area contributed by atoms with Gasteiger partial charge in [0.05, 0.1) is 25.4 Å². The predicted octanol–water partition coefficient (Wildman–Crippen LogP) is 5.47. The maximum absolute atomic E-state index is 13.9. The molecule has 1 amide bonds. The third kappa shape index (κ3) is 5.68. The third-order valence-corrected chi connectivity index (χ3v) is 8.75. The molecule has 1 saturated carbocycles. The molecule has 1 aliphatic heterocycles. The highest BCUT2D eigenvalue weighted by Gasteiger charge is 2.51. The monoisotopic (exact) mass is 507 g/mol. The Hall–Kier alpha value is -2.51. The molecule has 6 nitrogen and oxygen atoms in total. The Morgan fingerprint density at radius 1 is 0.973 bits per heavy atom. The molecule has 0 spiro atoms. The van der Waals surface area contributed by atoms with Gasteiger partial charge in [0.1, 0.15) is 11.5 Å². The molecule has 1 unspecified atom stereocenters. The van der Waals surface area contributed by atoms with Crippen LogP contribution in [0.25, 0.3) is 0 Å². The second-order valence-corrected chi connectivity index (χ2v) is 12.2. The Balaban J connectivity index is 1.58. The summed E-state index contributed by atoms with van der Waals surface area (Å²) in [6.07, 6.45) is 3.53. The number of nitrogens with zero attached hydrogens (tertiary/aromatic N) is 1. The van der Waals surface area contributed by atoms with Gasteiger partial charge in [-0.25, -0.2) is 0 Å². The first-order valence-corrected chi connectivity index (χ1v) is 13.3. The number of carbonyl (C=O) groups excluding carboxylic acids is 1. The van der Waals surface area contributed by atoms with Gasteiger partial charge < -0.3 is 23.7 Å². The van der Waals surface area contributed by atoms with Gasteiger partial charge in [-0.15, -0.1) is 0 Å². The standard InChI is InChI=1S/C30H42BNO5/c1-28(2)17-9-10-23(28)20-32(19-22-13-16-25(34-7)18-26(22)35-8)27(33)21-11-14-24(15-12-21)31-36-29(3,4)30(5,6)37-31/h11-16,18,23H,9-10,17,19-20H2,1-8H3. The molecule has 4 rings (SSSR count). The van der Waals surface area contributed by atoms with Crippen molar-refractivity contribution in [3.8, 4) is 11.5 Å². The van der Waals surface area contributed by atoms with Crippen molar-refractivity contribution in [2.45, 2.75) is 78.6 Å². The van der Waals surface area contributed by atoms with E-state index in [1.165, 1.54) is 12.8 Å². The van der Waals surface area contributed by atoms with E-state index in [9.17, 15) is 4.79 Å². The molecule has 2 fully saturated rings. The number of ether oxygens (including phenoxy) is 2. The fraction of sp³-hybridized carbons (Fsp3) is 0.567. The van der Waals surface area contributed by atoms with Gasteiger partial charge in [0, 0.05) is 30.3 Å². The number of rotatable bonds is 8. The van der Waals surface area contributed by atoms with E-state index in [4.69, 9.17) is 18.8 Å². The molecule has 0 N–H and O–H groups in total. The van der Waals surface area contributed by atoms with Crippen molar-refractivity contribution in [1.29, 1.82) is 0 Å². The van der Waals surface area contributed by atoms with E-state index in [0.29, 0.717) is 24.6 Å². The molecule has 2 aliphatic rings. The molecule has 1 aliphatic carbocycles. The largest absolute Gasteiger partial charge is 0.497 e. The topological polar surface area (TPSA) is 57.2 Å². The quantitative estimate of drug-likeness (QED) is 0.444. The lowest BCUT2D eigenvalue weighted by Crippen LogP contribution is -2.41. The lowest BCUT2D eigenvalue weighted by molar-refractivity contribution is 0.00578. The van der Waals surface area contributed by atoms with Crippen molar-refractivity contribution >= 4 is 18.5 Å². The van der Waals surface area contributed by atoms with Crippen LogP contribution in [0.4, 0.5) is 0 Å². The smallest absolute Gasteiger partial charge is 0.494 e. The maximum Gasteiger partial charge on any atom is 0.494 e. The summed E-state index contributed by atoms with van der Waals surface area (Å²) in [6.45, 7) is 14.0. The van der Waals surface area contributed by atoms with Crippen LogP contribution in [-0.4, -0.2) is 49.9 Å². The SMILES string of the molecule is COc1ccc(CN(CC2CCCC2(C)C)C(=O)c2ccc(B3OC(C)(C)C(C)(C)O3)cc2)c(OC)c1. The van der Waals surface area contributed by atoms with E-state index in [0.717, 1.165) is 28.9 Å². The van der Waals surface area contributed by atoms with Gasteiger partial charge in [0.15, 0.2) is 0 Å². The summed E-state index contributed by atoms with van der Waals surface area (Å²) in [6, 6.07) is 13.4. The van der Waals surface area contributed by atoms with E-state index < -0.39 is 18.3 Å². The van der Waals surface area contributed by atoms with Crippen molar-refractivity contribution in [3.63, 3.8) is 0 Å². The summed E-state index contributed by atoms with van der Waals surface area (Å²) in [5.41, 5.74) is 1.92. The summed E-state index contributed by atoms with van der Waals surface area (Å²) in [5, 5.41) is 0. The second kappa shape index (κ2) is 10.3. The van der Waals surface area contributed by atoms with Gasteiger partial charge in [0.25, 0.3) is 5.91 Å². The highest BCUT2D eigenvalue weighted by molar-refractivity contribution is 6.62. The molecule has 37 heavy (non-hydrogen) atoms. The Morgan fingerprint density at radius 2 is 1.62 bits per heavy atom. The van der Waals surface area contributed by atoms with Gasteiger partial charge in [-0.1, -0.05) is 32.4 Å². The summed E-state index contributed by atoms with van der Waals surface area (Å²) in [5.74, 6) is 1.92. The van der Waals surface area contributed by atoms with Crippen molar-refractivity contribution in [1.82, 2.24) is 4.90 Å². The fourth-order valence-corrected chi connectivity index (χ4v) is 5.36. The molecule has 1 heterocycles.